The lowest BCUT2D eigenvalue weighted by Crippen LogP contribution is -2.16. The molecular formula is C15H27N3. The van der Waals surface area contributed by atoms with Crippen LogP contribution in [-0.2, 0) is 0 Å². The third-order valence-electron chi connectivity index (χ3n) is 3.88. The first-order chi connectivity index (χ1) is 8.81. The number of aromatic nitrogens is 2. The minimum atomic E-state index is 0.675. The van der Waals surface area contributed by atoms with Gasteiger partial charge in [-0.3, -0.25) is 0 Å². The zero-order valence-corrected chi connectivity index (χ0v) is 11.9. The van der Waals surface area contributed by atoms with Crippen LogP contribution in [0.3, 0.4) is 0 Å². The SMILES string of the molecule is CCCCCNc1nc(C)cn1C1CCCCC1. The van der Waals surface area contributed by atoms with Crippen LogP contribution in [0.4, 0.5) is 5.95 Å². The fourth-order valence-electron chi connectivity index (χ4n) is 2.86. The summed E-state index contributed by atoms with van der Waals surface area (Å²) >= 11 is 0. The van der Waals surface area contributed by atoms with E-state index in [0.717, 1.165) is 18.2 Å². The van der Waals surface area contributed by atoms with E-state index < -0.39 is 0 Å². The zero-order chi connectivity index (χ0) is 12.8. The van der Waals surface area contributed by atoms with E-state index in [4.69, 9.17) is 0 Å². The number of nitrogens with one attached hydrogen (secondary N) is 1. The van der Waals surface area contributed by atoms with Gasteiger partial charge in [-0.05, 0) is 26.2 Å². The molecule has 1 aromatic heterocycles. The van der Waals surface area contributed by atoms with Gasteiger partial charge in [-0.15, -0.1) is 0 Å². The van der Waals surface area contributed by atoms with E-state index in [9.17, 15) is 0 Å². The van der Waals surface area contributed by atoms with Crippen LogP contribution in [0.2, 0.25) is 0 Å². The van der Waals surface area contributed by atoms with Crippen LogP contribution in [0.1, 0.15) is 70.0 Å². The molecule has 1 saturated carbocycles. The summed E-state index contributed by atoms with van der Waals surface area (Å²) in [5, 5.41) is 3.52. The molecule has 0 spiro atoms. The molecule has 0 aliphatic heterocycles. The van der Waals surface area contributed by atoms with Gasteiger partial charge in [0.25, 0.3) is 0 Å². The first-order valence-corrected chi connectivity index (χ1v) is 7.60. The van der Waals surface area contributed by atoms with E-state index in [2.05, 4.69) is 34.9 Å². The highest BCUT2D eigenvalue weighted by Crippen LogP contribution is 2.30. The van der Waals surface area contributed by atoms with Gasteiger partial charge in [0.2, 0.25) is 5.95 Å². The van der Waals surface area contributed by atoms with Gasteiger partial charge >= 0.3 is 0 Å². The van der Waals surface area contributed by atoms with E-state index in [1.165, 1.54) is 51.4 Å². The first kappa shape index (κ1) is 13.4. The number of imidazole rings is 1. The van der Waals surface area contributed by atoms with Crippen molar-refractivity contribution in [2.75, 3.05) is 11.9 Å². The summed E-state index contributed by atoms with van der Waals surface area (Å²) in [6.45, 7) is 5.39. The molecule has 3 nitrogen and oxygen atoms in total. The number of unbranched alkanes of at least 4 members (excludes halogenated alkanes) is 2. The Morgan fingerprint density at radius 2 is 2.06 bits per heavy atom. The molecule has 0 saturated heterocycles. The Morgan fingerprint density at radius 1 is 1.28 bits per heavy atom. The van der Waals surface area contributed by atoms with Gasteiger partial charge in [-0.2, -0.15) is 0 Å². The van der Waals surface area contributed by atoms with Gasteiger partial charge in [0.15, 0.2) is 0 Å². The van der Waals surface area contributed by atoms with Crippen LogP contribution < -0.4 is 5.32 Å². The van der Waals surface area contributed by atoms with Crippen molar-refractivity contribution in [2.24, 2.45) is 0 Å². The molecule has 18 heavy (non-hydrogen) atoms. The first-order valence-electron chi connectivity index (χ1n) is 7.60. The topological polar surface area (TPSA) is 29.9 Å². The second kappa shape index (κ2) is 6.81. The third-order valence-corrected chi connectivity index (χ3v) is 3.88. The maximum absolute atomic E-state index is 4.64. The van der Waals surface area contributed by atoms with Crippen molar-refractivity contribution < 1.29 is 0 Å². The normalized spacial score (nSPS) is 17.0. The molecule has 1 N–H and O–H groups in total. The lowest BCUT2D eigenvalue weighted by molar-refractivity contribution is 0.355. The Balaban J connectivity index is 1.95. The van der Waals surface area contributed by atoms with E-state index >= 15 is 0 Å². The molecule has 0 radical (unpaired) electrons. The fraction of sp³-hybridized carbons (Fsp3) is 0.800. The Bertz CT molecular complexity index is 351. The average molecular weight is 249 g/mol. The summed E-state index contributed by atoms with van der Waals surface area (Å²) < 4.78 is 2.39. The highest BCUT2D eigenvalue weighted by atomic mass is 15.2. The van der Waals surface area contributed by atoms with Crippen LogP contribution >= 0.6 is 0 Å². The Labute approximate surface area is 111 Å². The molecule has 1 fully saturated rings. The van der Waals surface area contributed by atoms with Crippen molar-refractivity contribution in [1.29, 1.82) is 0 Å². The molecule has 0 atom stereocenters. The highest BCUT2D eigenvalue weighted by molar-refractivity contribution is 5.29. The van der Waals surface area contributed by atoms with E-state index in [1.54, 1.807) is 0 Å². The van der Waals surface area contributed by atoms with Crippen molar-refractivity contribution in [3.05, 3.63) is 11.9 Å². The second-order valence-electron chi connectivity index (χ2n) is 5.54. The molecule has 1 aliphatic carbocycles. The van der Waals surface area contributed by atoms with Crippen LogP contribution in [0.15, 0.2) is 6.20 Å². The minimum absolute atomic E-state index is 0.675. The molecule has 1 aliphatic rings. The predicted octanol–water partition coefficient (Wildman–Crippen LogP) is 4.30. The summed E-state index contributed by atoms with van der Waals surface area (Å²) in [5.41, 5.74) is 1.14. The van der Waals surface area contributed by atoms with Crippen molar-refractivity contribution in [3.63, 3.8) is 0 Å². The summed E-state index contributed by atoms with van der Waals surface area (Å²) in [4.78, 5) is 4.64. The van der Waals surface area contributed by atoms with E-state index in [0.29, 0.717) is 6.04 Å². The van der Waals surface area contributed by atoms with Gasteiger partial charge in [0, 0.05) is 18.8 Å². The Kier molecular flexibility index (Phi) is 5.09. The van der Waals surface area contributed by atoms with Gasteiger partial charge in [-0.25, -0.2) is 4.98 Å². The van der Waals surface area contributed by atoms with Gasteiger partial charge < -0.3 is 9.88 Å². The maximum atomic E-state index is 4.64. The number of aryl methyl sites for hydroxylation is 1. The average Bonchev–Trinajstić information content (AvgIpc) is 2.77. The predicted molar refractivity (Wildman–Crippen MR) is 77.1 cm³/mol. The lowest BCUT2D eigenvalue weighted by atomic mass is 9.95. The Hall–Kier alpha value is -0.990. The molecule has 1 heterocycles. The highest BCUT2D eigenvalue weighted by Gasteiger charge is 2.18. The Morgan fingerprint density at radius 3 is 2.78 bits per heavy atom. The minimum Gasteiger partial charge on any atom is -0.356 e. The lowest BCUT2D eigenvalue weighted by Gasteiger charge is -2.24. The van der Waals surface area contributed by atoms with Crippen molar-refractivity contribution in [1.82, 2.24) is 9.55 Å². The largest absolute Gasteiger partial charge is 0.356 e. The smallest absolute Gasteiger partial charge is 0.203 e. The number of hydrogen-bond acceptors (Lipinski definition) is 2. The number of rotatable bonds is 6. The second-order valence-corrected chi connectivity index (χ2v) is 5.54. The summed E-state index contributed by atoms with van der Waals surface area (Å²) in [6, 6.07) is 0.675. The van der Waals surface area contributed by atoms with E-state index in [-0.39, 0.29) is 0 Å². The molecule has 0 amide bonds. The van der Waals surface area contributed by atoms with Crippen molar-refractivity contribution >= 4 is 5.95 Å². The van der Waals surface area contributed by atoms with Crippen molar-refractivity contribution in [2.45, 2.75) is 71.3 Å². The van der Waals surface area contributed by atoms with Crippen molar-refractivity contribution in [3.8, 4) is 0 Å². The van der Waals surface area contributed by atoms with Crippen LogP contribution in [0.25, 0.3) is 0 Å². The monoisotopic (exact) mass is 249 g/mol. The molecule has 1 aromatic rings. The third kappa shape index (κ3) is 3.50. The fourth-order valence-corrected chi connectivity index (χ4v) is 2.86. The zero-order valence-electron chi connectivity index (χ0n) is 11.9. The number of hydrogen-bond donors (Lipinski definition) is 1. The molecule has 102 valence electrons. The molecule has 0 aromatic carbocycles. The standard InChI is InChI=1S/C15H27N3/c1-3-4-8-11-16-15-17-13(2)12-18(15)14-9-6-5-7-10-14/h12,14H,3-11H2,1-2H3,(H,16,17). The number of nitrogens with zero attached hydrogens (tertiary/aromatic N) is 2. The van der Waals surface area contributed by atoms with Crippen LogP contribution in [0.5, 0.6) is 0 Å². The summed E-state index contributed by atoms with van der Waals surface area (Å²) in [7, 11) is 0. The molecular weight excluding hydrogens is 222 g/mol. The molecule has 2 rings (SSSR count). The molecule has 0 unspecified atom stereocenters. The van der Waals surface area contributed by atoms with Crippen LogP contribution in [0, 0.1) is 6.92 Å². The van der Waals surface area contributed by atoms with Gasteiger partial charge in [-0.1, -0.05) is 39.0 Å². The van der Waals surface area contributed by atoms with Crippen LogP contribution in [-0.4, -0.2) is 16.1 Å². The quantitative estimate of drug-likeness (QED) is 0.762. The summed E-state index contributed by atoms with van der Waals surface area (Å²) in [5.74, 6) is 1.09. The van der Waals surface area contributed by atoms with E-state index in [1.807, 2.05) is 0 Å². The maximum Gasteiger partial charge on any atom is 0.203 e. The number of anilines is 1. The van der Waals surface area contributed by atoms with Gasteiger partial charge in [0.05, 0.1) is 5.69 Å². The van der Waals surface area contributed by atoms with Gasteiger partial charge in [0.1, 0.15) is 0 Å². The molecule has 3 heteroatoms. The molecule has 0 bridgehead atoms. The summed E-state index contributed by atoms with van der Waals surface area (Å²) in [6.07, 6.45) is 12.8.